The van der Waals surface area contributed by atoms with E-state index >= 15 is 0 Å². The molecule has 22 heavy (non-hydrogen) atoms. The first-order valence-electron chi connectivity index (χ1n) is 7.12. The third-order valence-corrected chi connectivity index (χ3v) is 3.13. The summed E-state index contributed by atoms with van der Waals surface area (Å²) in [4.78, 5) is 18.4. The molecule has 2 heterocycles. The van der Waals surface area contributed by atoms with E-state index in [1.54, 1.807) is 27.9 Å². The van der Waals surface area contributed by atoms with Crippen LogP contribution in [0.2, 0.25) is 0 Å². The van der Waals surface area contributed by atoms with E-state index in [1.807, 2.05) is 19.3 Å². The summed E-state index contributed by atoms with van der Waals surface area (Å²) in [7, 11) is 1.85. The van der Waals surface area contributed by atoms with Crippen molar-refractivity contribution < 1.29 is 4.79 Å². The molecule has 2 rings (SSSR count). The minimum Gasteiger partial charge on any atom is -0.334 e. The highest BCUT2D eigenvalue weighted by atomic mass is 16.2. The van der Waals surface area contributed by atoms with Crippen molar-refractivity contribution in [2.45, 2.75) is 20.4 Å². The number of pyridine rings is 1. The van der Waals surface area contributed by atoms with Crippen LogP contribution in [-0.2, 0) is 13.6 Å². The third-order valence-electron chi connectivity index (χ3n) is 3.13. The van der Waals surface area contributed by atoms with Crippen molar-refractivity contribution in [1.82, 2.24) is 19.7 Å². The van der Waals surface area contributed by atoms with Gasteiger partial charge in [-0.3, -0.25) is 9.48 Å². The van der Waals surface area contributed by atoms with Crippen LogP contribution >= 0.6 is 0 Å². The van der Waals surface area contributed by atoms with Crippen molar-refractivity contribution in [2.75, 3.05) is 6.54 Å². The maximum Gasteiger partial charge on any atom is 0.255 e. The molecule has 0 bridgehead atoms. The van der Waals surface area contributed by atoms with Gasteiger partial charge in [0.1, 0.15) is 11.8 Å². The minimum atomic E-state index is -0.0884. The number of rotatable bonds is 5. The van der Waals surface area contributed by atoms with Crippen molar-refractivity contribution in [3.63, 3.8) is 0 Å². The fourth-order valence-electron chi connectivity index (χ4n) is 2.20. The molecule has 0 aliphatic carbocycles. The molecule has 0 unspecified atom stereocenters. The average Bonchev–Trinajstić information content (AvgIpc) is 2.90. The number of nitrogens with zero attached hydrogens (tertiary/aromatic N) is 5. The molecule has 0 saturated heterocycles. The van der Waals surface area contributed by atoms with Crippen molar-refractivity contribution in [2.24, 2.45) is 13.0 Å². The topological polar surface area (TPSA) is 74.8 Å². The molecule has 0 N–H and O–H groups in total. The maximum absolute atomic E-state index is 12.7. The SMILES string of the molecule is CC(C)CN(Cc1cnn(C)c1)C(=O)c1ccc(C#N)nc1. The smallest absolute Gasteiger partial charge is 0.255 e. The molecular weight excluding hydrogens is 278 g/mol. The summed E-state index contributed by atoms with van der Waals surface area (Å²) in [6.45, 7) is 5.29. The normalized spacial score (nSPS) is 10.5. The number of hydrogen-bond donors (Lipinski definition) is 0. The van der Waals surface area contributed by atoms with Crippen molar-refractivity contribution >= 4 is 5.91 Å². The van der Waals surface area contributed by atoms with Gasteiger partial charge in [0, 0.05) is 38.1 Å². The minimum absolute atomic E-state index is 0.0884. The van der Waals surface area contributed by atoms with Gasteiger partial charge in [0.05, 0.1) is 11.8 Å². The molecule has 1 amide bonds. The van der Waals surface area contributed by atoms with E-state index < -0.39 is 0 Å². The molecule has 0 aliphatic heterocycles. The quantitative estimate of drug-likeness (QED) is 0.845. The number of nitriles is 1. The van der Waals surface area contributed by atoms with Gasteiger partial charge in [0.2, 0.25) is 0 Å². The molecule has 2 aromatic rings. The van der Waals surface area contributed by atoms with Crippen LogP contribution in [0.4, 0.5) is 0 Å². The molecule has 0 fully saturated rings. The molecule has 2 aromatic heterocycles. The van der Waals surface area contributed by atoms with Crippen LogP contribution in [0.15, 0.2) is 30.7 Å². The third kappa shape index (κ3) is 3.92. The van der Waals surface area contributed by atoms with Gasteiger partial charge in [-0.25, -0.2) is 4.98 Å². The van der Waals surface area contributed by atoms with Crippen LogP contribution < -0.4 is 0 Å². The molecule has 0 aliphatic rings. The lowest BCUT2D eigenvalue weighted by atomic mass is 10.1. The Labute approximate surface area is 130 Å². The first kappa shape index (κ1) is 15.7. The van der Waals surface area contributed by atoms with Crippen molar-refractivity contribution in [3.05, 3.63) is 47.5 Å². The van der Waals surface area contributed by atoms with E-state index in [-0.39, 0.29) is 5.91 Å². The van der Waals surface area contributed by atoms with Gasteiger partial charge in [-0.2, -0.15) is 10.4 Å². The Morgan fingerprint density at radius 3 is 2.68 bits per heavy atom. The molecule has 0 spiro atoms. The molecule has 0 aromatic carbocycles. The molecule has 0 atom stereocenters. The fraction of sp³-hybridized carbons (Fsp3) is 0.375. The summed E-state index contributed by atoms with van der Waals surface area (Å²) in [5, 5.41) is 12.9. The Balaban J connectivity index is 2.19. The van der Waals surface area contributed by atoms with Crippen LogP contribution in [0.5, 0.6) is 0 Å². The van der Waals surface area contributed by atoms with E-state index in [9.17, 15) is 4.79 Å². The number of hydrogen-bond acceptors (Lipinski definition) is 4. The lowest BCUT2D eigenvalue weighted by Gasteiger charge is -2.24. The van der Waals surface area contributed by atoms with Crippen LogP contribution in [0, 0.1) is 17.2 Å². The monoisotopic (exact) mass is 297 g/mol. The Hall–Kier alpha value is -2.68. The van der Waals surface area contributed by atoms with Gasteiger partial charge in [-0.05, 0) is 18.1 Å². The summed E-state index contributed by atoms with van der Waals surface area (Å²) in [6.07, 6.45) is 5.12. The lowest BCUT2D eigenvalue weighted by molar-refractivity contribution is 0.0722. The predicted octanol–water partition coefficient (Wildman–Crippen LogP) is 1.99. The Morgan fingerprint density at radius 1 is 1.41 bits per heavy atom. The summed E-state index contributed by atoms with van der Waals surface area (Å²) in [6, 6.07) is 5.15. The second-order valence-electron chi connectivity index (χ2n) is 5.65. The Morgan fingerprint density at radius 2 is 2.18 bits per heavy atom. The van der Waals surface area contributed by atoms with Gasteiger partial charge in [-0.1, -0.05) is 13.8 Å². The first-order chi connectivity index (χ1) is 10.5. The molecular formula is C16H19N5O. The van der Waals surface area contributed by atoms with Crippen molar-refractivity contribution in [1.29, 1.82) is 5.26 Å². The van der Waals surface area contributed by atoms with Gasteiger partial charge < -0.3 is 4.90 Å². The zero-order valence-corrected chi connectivity index (χ0v) is 13.0. The summed E-state index contributed by atoms with van der Waals surface area (Å²) in [5.74, 6) is 0.265. The number of aromatic nitrogens is 3. The van der Waals surface area contributed by atoms with E-state index in [2.05, 4.69) is 23.9 Å². The highest BCUT2D eigenvalue weighted by Crippen LogP contribution is 2.12. The van der Waals surface area contributed by atoms with Crippen LogP contribution in [0.3, 0.4) is 0 Å². The Bertz CT molecular complexity index is 681. The number of carbonyl (C=O) groups excluding carboxylic acids is 1. The zero-order valence-electron chi connectivity index (χ0n) is 13.0. The number of carbonyl (C=O) groups is 1. The largest absolute Gasteiger partial charge is 0.334 e. The fourth-order valence-corrected chi connectivity index (χ4v) is 2.20. The van der Waals surface area contributed by atoms with Gasteiger partial charge in [-0.15, -0.1) is 0 Å². The second kappa shape index (κ2) is 6.85. The van der Waals surface area contributed by atoms with E-state index in [0.29, 0.717) is 30.3 Å². The maximum atomic E-state index is 12.7. The zero-order chi connectivity index (χ0) is 16.1. The standard InChI is InChI=1S/C16H19N5O/c1-12(2)9-21(11-13-7-19-20(3)10-13)16(22)14-4-5-15(6-17)18-8-14/h4-5,7-8,10,12H,9,11H2,1-3H3. The summed E-state index contributed by atoms with van der Waals surface area (Å²) < 4.78 is 1.72. The van der Waals surface area contributed by atoms with E-state index in [4.69, 9.17) is 5.26 Å². The molecule has 0 saturated carbocycles. The number of amides is 1. The van der Waals surface area contributed by atoms with Gasteiger partial charge in [0.25, 0.3) is 5.91 Å². The predicted molar refractivity (Wildman–Crippen MR) is 81.7 cm³/mol. The second-order valence-corrected chi connectivity index (χ2v) is 5.65. The highest BCUT2D eigenvalue weighted by Gasteiger charge is 2.18. The lowest BCUT2D eigenvalue weighted by Crippen LogP contribution is -2.33. The van der Waals surface area contributed by atoms with Gasteiger partial charge >= 0.3 is 0 Å². The molecule has 6 nitrogen and oxygen atoms in total. The van der Waals surface area contributed by atoms with Crippen LogP contribution in [0.25, 0.3) is 0 Å². The van der Waals surface area contributed by atoms with Gasteiger partial charge in [0.15, 0.2) is 0 Å². The van der Waals surface area contributed by atoms with E-state index in [0.717, 1.165) is 5.56 Å². The number of aryl methyl sites for hydroxylation is 1. The highest BCUT2D eigenvalue weighted by molar-refractivity contribution is 5.93. The average molecular weight is 297 g/mol. The first-order valence-corrected chi connectivity index (χ1v) is 7.12. The molecule has 6 heteroatoms. The van der Waals surface area contributed by atoms with Crippen molar-refractivity contribution in [3.8, 4) is 6.07 Å². The van der Waals surface area contributed by atoms with Crippen LogP contribution in [0.1, 0.15) is 35.5 Å². The van der Waals surface area contributed by atoms with Crippen LogP contribution in [-0.4, -0.2) is 32.1 Å². The summed E-state index contributed by atoms with van der Waals surface area (Å²) >= 11 is 0. The Kier molecular flexibility index (Phi) is 4.89. The molecule has 0 radical (unpaired) electrons. The van der Waals surface area contributed by atoms with E-state index in [1.165, 1.54) is 6.20 Å². The molecule has 114 valence electrons. The summed E-state index contributed by atoms with van der Waals surface area (Å²) in [5.41, 5.74) is 1.78.